The first-order valence-electron chi connectivity index (χ1n) is 9.88. The summed E-state index contributed by atoms with van der Waals surface area (Å²) in [4.78, 5) is 6.87. The maximum absolute atomic E-state index is 5.61. The molecule has 0 amide bonds. The molecule has 2 fully saturated rings. The van der Waals surface area contributed by atoms with Crippen LogP contribution in [-0.2, 0) is 4.74 Å². The molecule has 0 aromatic heterocycles. The van der Waals surface area contributed by atoms with Crippen LogP contribution in [0.3, 0.4) is 0 Å². The lowest BCUT2D eigenvalue weighted by atomic mass is 9.83. The number of likely N-dealkylation sites (tertiary alicyclic amines) is 1. The van der Waals surface area contributed by atoms with Crippen LogP contribution in [0, 0.1) is 11.3 Å². The van der Waals surface area contributed by atoms with Crippen molar-refractivity contribution in [3.8, 4) is 0 Å². The Morgan fingerprint density at radius 2 is 2.04 bits per heavy atom. The van der Waals surface area contributed by atoms with Gasteiger partial charge in [-0.15, -0.1) is 0 Å². The van der Waals surface area contributed by atoms with E-state index < -0.39 is 0 Å². The molecule has 0 aromatic rings. The molecule has 2 rings (SSSR count). The lowest BCUT2D eigenvalue weighted by molar-refractivity contribution is 0.105. The molecule has 0 bridgehead atoms. The normalized spacial score (nSPS) is 25.0. The molecule has 1 aliphatic heterocycles. The average molecular weight is 339 g/mol. The molecular formula is C19H38N4O. The van der Waals surface area contributed by atoms with E-state index in [1.807, 2.05) is 7.05 Å². The van der Waals surface area contributed by atoms with Gasteiger partial charge in [-0.1, -0.05) is 12.8 Å². The van der Waals surface area contributed by atoms with Crippen LogP contribution < -0.4 is 10.6 Å². The Bertz CT molecular complexity index is 380. The molecule has 5 nitrogen and oxygen atoms in total. The summed E-state index contributed by atoms with van der Waals surface area (Å²) < 4.78 is 5.61. The molecule has 1 saturated heterocycles. The SMILES string of the molecule is CCOCCC1(CNC(=NC)NCC2CCCN(C)C2)CCCC1. The van der Waals surface area contributed by atoms with Gasteiger partial charge in [-0.2, -0.15) is 0 Å². The van der Waals surface area contributed by atoms with Gasteiger partial charge in [-0.25, -0.2) is 0 Å². The number of guanidine groups is 1. The summed E-state index contributed by atoms with van der Waals surface area (Å²) in [5, 5.41) is 7.15. The van der Waals surface area contributed by atoms with Crippen molar-refractivity contribution in [3.63, 3.8) is 0 Å². The molecule has 0 radical (unpaired) electrons. The molecule has 2 aliphatic rings. The smallest absolute Gasteiger partial charge is 0.191 e. The van der Waals surface area contributed by atoms with Crippen LogP contribution in [0.5, 0.6) is 0 Å². The minimum absolute atomic E-state index is 0.401. The highest BCUT2D eigenvalue weighted by molar-refractivity contribution is 5.79. The number of nitrogens with one attached hydrogen (secondary N) is 2. The van der Waals surface area contributed by atoms with Crippen molar-refractivity contribution in [1.29, 1.82) is 0 Å². The highest BCUT2D eigenvalue weighted by Gasteiger charge is 2.33. The van der Waals surface area contributed by atoms with Crippen molar-refractivity contribution < 1.29 is 4.74 Å². The largest absolute Gasteiger partial charge is 0.382 e. The second-order valence-corrected chi connectivity index (χ2v) is 7.73. The van der Waals surface area contributed by atoms with Crippen LogP contribution in [0.15, 0.2) is 4.99 Å². The zero-order valence-electron chi connectivity index (χ0n) is 16.1. The summed E-state index contributed by atoms with van der Waals surface area (Å²) in [7, 11) is 4.10. The quantitative estimate of drug-likeness (QED) is 0.405. The number of hydrogen-bond acceptors (Lipinski definition) is 3. The van der Waals surface area contributed by atoms with Crippen molar-refractivity contribution >= 4 is 5.96 Å². The third-order valence-electron chi connectivity index (χ3n) is 5.78. The standard InChI is InChI=1S/C19H38N4O/c1-4-24-13-11-19(9-5-6-10-19)16-22-18(20-2)21-14-17-8-7-12-23(3)15-17/h17H,4-16H2,1-3H3,(H2,20,21,22). The first-order valence-corrected chi connectivity index (χ1v) is 9.88. The van der Waals surface area contributed by atoms with Crippen molar-refractivity contribution in [2.45, 2.75) is 51.9 Å². The molecule has 2 N–H and O–H groups in total. The maximum Gasteiger partial charge on any atom is 0.191 e. The predicted octanol–water partition coefficient (Wildman–Crippen LogP) is 2.48. The highest BCUT2D eigenvalue weighted by atomic mass is 16.5. The minimum Gasteiger partial charge on any atom is -0.382 e. The fourth-order valence-electron chi connectivity index (χ4n) is 4.25. The molecular weight excluding hydrogens is 300 g/mol. The van der Waals surface area contributed by atoms with E-state index in [-0.39, 0.29) is 0 Å². The van der Waals surface area contributed by atoms with Crippen LogP contribution in [0.4, 0.5) is 0 Å². The number of ether oxygens (including phenoxy) is 1. The lowest BCUT2D eigenvalue weighted by Crippen LogP contribution is -2.46. The Labute approximate surface area is 148 Å². The number of nitrogens with zero attached hydrogens (tertiary/aromatic N) is 2. The maximum atomic E-state index is 5.61. The van der Waals surface area contributed by atoms with Gasteiger partial charge >= 0.3 is 0 Å². The average Bonchev–Trinajstić information content (AvgIpc) is 3.04. The Balaban J connectivity index is 1.74. The fraction of sp³-hybridized carbons (Fsp3) is 0.947. The Morgan fingerprint density at radius 1 is 1.25 bits per heavy atom. The minimum atomic E-state index is 0.401. The van der Waals surface area contributed by atoms with E-state index in [2.05, 4.69) is 34.5 Å². The Morgan fingerprint density at radius 3 is 2.71 bits per heavy atom. The van der Waals surface area contributed by atoms with Crippen molar-refractivity contribution in [1.82, 2.24) is 15.5 Å². The van der Waals surface area contributed by atoms with E-state index in [0.717, 1.165) is 44.6 Å². The van der Waals surface area contributed by atoms with Crippen molar-refractivity contribution in [2.24, 2.45) is 16.3 Å². The van der Waals surface area contributed by atoms with E-state index in [1.54, 1.807) is 0 Å². The first kappa shape index (κ1) is 19.5. The number of aliphatic imine (C=N–C) groups is 1. The van der Waals surface area contributed by atoms with Gasteiger partial charge in [0.1, 0.15) is 0 Å². The van der Waals surface area contributed by atoms with E-state index in [9.17, 15) is 0 Å². The second-order valence-electron chi connectivity index (χ2n) is 7.73. The molecule has 140 valence electrons. The Kier molecular flexibility index (Phi) is 8.33. The lowest BCUT2D eigenvalue weighted by Gasteiger charge is -2.32. The topological polar surface area (TPSA) is 48.9 Å². The third-order valence-corrected chi connectivity index (χ3v) is 5.78. The van der Waals surface area contributed by atoms with Gasteiger partial charge in [0.2, 0.25) is 0 Å². The summed E-state index contributed by atoms with van der Waals surface area (Å²) in [5.41, 5.74) is 0.401. The monoisotopic (exact) mass is 338 g/mol. The third kappa shape index (κ3) is 6.25. The van der Waals surface area contributed by atoms with E-state index in [1.165, 1.54) is 51.6 Å². The van der Waals surface area contributed by atoms with Crippen LogP contribution in [0.1, 0.15) is 51.9 Å². The van der Waals surface area contributed by atoms with Crippen LogP contribution in [-0.4, -0.2) is 64.3 Å². The van der Waals surface area contributed by atoms with Crippen LogP contribution in [0.25, 0.3) is 0 Å². The van der Waals surface area contributed by atoms with Crippen molar-refractivity contribution in [2.75, 3.05) is 53.5 Å². The van der Waals surface area contributed by atoms with Crippen molar-refractivity contribution in [3.05, 3.63) is 0 Å². The molecule has 0 aromatic carbocycles. The molecule has 1 saturated carbocycles. The summed E-state index contributed by atoms with van der Waals surface area (Å²) >= 11 is 0. The number of hydrogen-bond donors (Lipinski definition) is 2. The molecule has 5 heteroatoms. The summed E-state index contributed by atoms with van der Waals surface area (Å²) in [5.74, 6) is 1.70. The zero-order valence-corrected chi connectivity index (χ0v) is 16.1. The fourth-order valence-corrected chi connectivity index (χ4v) is 4.25. The van der Waals surface area contributed by atoms with Gasteiger partial charge in [-0.05, 0) is 64.0 Å². The highest BCUT2D eigenvalue weighted by Crippen LogP contribution is 2.40. The van der Waals surface area contributed by atoms with Gasteiger partial charge in [-0.3, -0.25) is 4.99 Å². The molecule has 1 atom stereocenters. The number of rotatable bonds is 8. The predicted molar refractivity (Wildman–Crippen MR) is 102 cm³/mol. The van der Waals surface area contributed by atoms with E-state index in [4.69, 9.17) is 4.74 Å². The van der Waals surface area contributed by atoms with Gasteiger partial charge in [0.05, 0.1) is 0 Å². The second kappa shape index (κ2) is 10.2. The van der Waals surface area contributed by atoms with Gasteiger partial charge in [0, 0.05) is 39.9 Å². The summed E-state index contributed by atoms with van der Waals surface area (Å²) in [6.07, 6.45) is 9.15. The summed E-state index contributed by atoms with van der Waals surface area (Å²) in [6.45, 7) is 8.27. The number of piperidine rings is 1. The van der Waals surface area contributed by atoms with E-state index in [0.29, 0.717) is 5.41 Å². The van der Waals surface area contributed by atoms with Gasteiger partial charge in [0.15, 0.2) is 5.96 Å². The van der Waals surface area contributed by atoms with Gasteiger partial charge in [0.25, 0.3) is 0 Å². The van der Waals surface area contributed by atoms with Gasteiger partial charge < -0.3 is 20.3 Å². The molecule has 1 aliphatic carbocycles. The molecule has 24 heavy (non-hydrogen) atoms. The van der Waals surface area contributed by atoms with Crippen LogP contribution >= 0.6 is 0 Å². The van der Waals surface area contributed by atoms with E-state index >= 15 is 0 Å². The summed E-state index contributed by atoms with van der Waals surface area (Å²) in [6, 6.07) is 0. The first-order chi connectivity index (χ1) is 11.7. The Hall–Kier alpha value is -0.810. The van der Waals surface area contributed by atoms with Crippen LogP contribution in [0.2, 0.25) is 0 Å². The zero-order chi connectivity index (χ0) is 17.3. The molecule has 1 unspecified atom stereocenters. The molecule has 0 spiro atoms. The molecule has 1 heterocycles.